The fraction of sp³-hybridized carbons (Fsp3) is 0.857. The van der Waals surface area contributed by atoms with E-state index in [0.717, 1.165) is 37.9 Å². The summed E-state index contributed by atoms with van der Waals surface area (Å²) in [7, 11) is 0. The van der Waals surface area contributed by atoms with Crippen LogP contribution in [0.15, 0.2) is 0 Å². The first-order valence-corrected chi connectivity index (χ1v) is 8.37. The van der Waals surface area contributed by atoms with Crippen LogP contribution in [0.2, 0.25) is 0 Å². The van der Waals surface area contributed by atoms with Crippen LogP contribution in [0.4, 0.5) is 0 Å². The minimum absolute atomic E-state index is 0.00435. The Labute approximate surface area is 119 Å². The number of carboxylic acids is 1. The van der Waals surface area contributed by atoms with E-state index < -0.39 is 5.97 Å². The van der Waals surface area contributed by atoms with Crippen LogP contribution in [0.5, 0.6) is 0 Å². The number of thioether (sulfide) groups is 1. The van der Waals surface area contributed by atoms with Crippen LogP contribution in [-0.4, -0.2) is 35.0 Å². The van der Waals surface area contributed by atoms with Crippen molar-refractivity contribution >= 4 is 23.6 Å². The molecule has 0 aromatic carbocycles. The van der Waals surface area contributed by atoms with Crippen LogP contribution in [0.25, 0.3) is 0 Å². The van der Waals surface area contributed by atoms with Gasteiger partial charge in [-0.2, -0.15) is 11.8 Å². The quantitative estimate of drug-likeness (QED) is 0.755. The Hall–Kier alpha value is -0.710. The maximum atomic E-state index is 12.1. The number of carbonyl (C=O) groups excluding carboxylic acids is 1. The van der Waals surface area contributed by atoms with E-state index in [-0.39, 0.29) is 23.8 Å². The highest BCUT2D eigenvalue weighted by Crippen LogP contribution is 2.42. The first-order chi connectivity index (χ1) is 8.97. The minimum Gasteiger partial charge on any atom is -0.481 e. The highest BCUT2D eigenvalue weighted by Gasteiger charge is 2.36. The van der Waals surface area contributed by atoms with Gasteiger partial charge in [0.2, 0.25) is 5.91 Å². The van der Waals surface area contributed by atoms with Crippen LogP contribution in [0, 0.1) is 5.41 Å². The molecule has 0 spiro atoms. The minimum atomic E-state index is -0.785. The predicted molar refractivity (Wildman–Crippen MR) is 78.4 cm³/mol. The molecule has 1 amide bonds. The molecule has 1 fully saturated rings. The van der Waals surface area contributed by atoms with E-state index >= 15 is 0 Å². The van der Waals surface area contributed by atoms with Crippen LogP contribution < -0.4 is 5.32 Å². The molecular weight excluding hydrogens is 262 g/mol. The first kappa shape index (κ1) is 16.3. The van der Waals surface area contributed by atoms with Gasteiger partial charge in [-0.05, 0) is 31.4 Å². The third kappa shape index (κ3) is 5.85. The average molecular weight is 287 g/mol. The van der Waals surface area contributed by atoms with E-state index in [2.05, 4.69) is 5.32 Å². The molecule has 110 valence electrons. The van der Waals surface area contributed by atoms with E-state index in [0.29, 0.717) is 6.42 Å². The molecule has 19 heavy (non-hydrogen) atoms. The van der Waals surface area contributed by atoms with Crippen molar-refractivity contribution in [3.63, 3.8) is 0 Å². The number of aliphatic carboxylic acids is 1. The van der Waals surface area contributed by atoms with Crippen molar-refractivity contribution in [3.05, 3.63) is 0 Å². The smallest absolute Gasteiger partial charge is 0.303 e. The second kappa shape index (κ2) is 7.78. The SMILES string of the molecule is CSCC(C)NC(=O)CC1(CC(=O)O)CCCCC1. The van der Waals surface area contributed by atoms with Crippen molar-refractivity contribution in [2.24, 2.45) is 5.41 Å². The molecule has 1 aliphatic rings. The van der Waals surface area contributed by atoms with Gasteiger partial charge in [-0.3, -0.25) is 9.59 Å². The monoisotopic (exact) mass is 287 g/mol. The van der Waals surface area contributed by atoms with E-state index in [4.69, 9.17) is 5.11 Å². The zero-order chi connectivity index (χ0) is 14.3. The number of hydrogen-bond acceptors (Lipinski definition) is 3. The van der Waals surface area contributed by atoms with Crippen molar-refractivity contribution in [1.29, 1.82) is 0 Å². The van der Waals surface area contributed by atoms with Gasteiger partial charge in [-0.25, -0.2) is 0 Å². The highest BCUT2D eigenvalue weighted by atomic mass is 32.2. The number of rotatable bonds is 7. The van der Waals surface area contributed by atoms with Gasteiger partial charge in [-0.1, -0.05) is 19.3 Å². The van der Waals surface area contributed by atoms with Crippen LogP contribution in [-0.2, 0) is 9.59 Å². The molecule has 1 aliphatic carbocycles. The van der Waals surface area contributed by atoms with Gasteiger partial charge in [0, 0.05) is 18.2 Å². The highest BCUT2D eigenvalue weighted by molar-refractivity contribution is 7.98. The second-order valence-electron chi connectivity index (χ2n) is 5.73. The largest absolute Gasteiger partial charge is 0.481 e. The molecule has 2 N–H and O–H groups in total. The van der Waals surface area contributed by atoms with Gasteiger partial charge in [0.15, 0.2) is 0 Å². The molecular formula is C14H25NO3S. The summed E-state index contributed by atoms with van der Waals surface area (Å²) in [6.45, 7) is 1.99. The fourth-order valence-corrected chi connectivity index (χ4v) is 3.58. The summed E-state index contributed by atoms with van der Waals surface area (Å²) in [5.41, 5.74) is -0.312. The van der Waals surface area contributed by atoms with Crippen molar-refractivity contribution in [1.82, 2.24) is 5.32 Å². The lowest BCUT2D eigenvalue weighted by atomic mass is 9.69. The molecule has 0 saturated heterocycles. The number of nitrogens with one attached hydrogen (secondary N) is 1. The Morgan fingerprint density at radius 1 is 1.26 bits per heavy atom. The van der Waals surface area contributed by atoms with Crippen LogP contribution in [0.1, 0.15) is 51.9 Å². The number of carboxylic acid groups (broad SMARTS) is 1. The fourth-order valence-electron chi connectivity index (χ4n) is 3.00. The lowest BCUT2D eigenvalue weighted by Crippen LogP contribution is -2.39. The van der Waals surface area contributed by atoms with Gasteiger partial charge < -0.3 is 10.4 Å². The summed E-state index contributed by atoms with van der Waals surface area (Å²) in [6.07, 6.45) is 7.46. The molecule has 5 heteroatoms. The Morgan fingerprint density at radius 3 is 2.42 bits per heavy atom. The van der Waals surface area contributed by atoms with Crippen molar-refractivity contribution in [3.8, 4) is 0 Å². The van der Waals surface area contributed by atoms with E-state index in [1.807, 2.05) is 13.2 Å². The lowest BCUT2D eigenvalue weighted by molar-refractivity contribution is -0.141. The van der Waals surface area contributed by atoms with Gasteiger partial charge in [-0.15, -0.1) is 0 Å². The molecule has 0 aromatic heterocycles. The summed E-state index contributed by atoms with van der Waals surface area (Å²) in [6, 6.07) is 0.146. The topological polar surface area (TPSA) is 66.4 Å². The molecule has 0 bridgehead atoms. The second-order valence-corrected chi connectivity index (χ2v) is 6.64. The van der Waals surface area contributed by atoms with Crippen molar-refractivity contribution in [2.45, 2.75) is 57.9 Å². The molecule has 0 heterocycles. The standard InChI is InChI=1S/C14H25NO3S/c1-11(10-19-2)15-12(16)8-14(9-13(17)18)6-4-3-5-7-14/h11H,3-10H2,1-2H3,(H,15,16)(H,17,18). The molecule has 1 atom stereocenters. The molecule has 4 nitrogen and oxygen atoms in total. The predicted octanol–water partition coefficient (Wildman–Crippen LogP) is 2.67. The number of amides is 1. The van der Waals surface area contributed by atoms with Crippen molar-refractivity contribution < 1.29 is 14.7 Å². The Morgan fingerprint density at radius 2 is 1.89 bits per heavy atom. The molecule has 1 saturated carbocycles. The maximum absolute atomic E-state index is 12.1. The first-order valence-electron chi connectivity index (χ1n) is 6.97. The third-order valence-corrected chi connectivity index (χ3v) is 4.63. The van der Waals surface area contributed by atoms with E-state index in [9.17, 15) is 9.59 Å². The normalized spacial score (nSPS) is 19.7. The Bertz CT molecular complexity index is 314. The summed E-state index contributed by atoms with van der Waals surface area (Å²) in [4.78, 5) is 23.1. The summed E-state index contributed by atoms with van der Waals surface area (Å²) >= 11 is 1.70. The molecule has 1 rings (SSSR count). The number of carbonyl (C=O) groups is 2. The average Bonchev–Trinajstić information content (AvgIpc) is 2.28. The molecule has 0 aliphatic heterocycles. The molecule has 0 aromatic rings. The van der Waals surface area contributed by atoms with Crippen LogP contribution >= 0.6 is 11.8 Å². The van der Waals surface area contributed by atoms with Gasteiger partial charge in [0.1, 0.15) is 0 Å². The summed E-state index contributed by atoms with van der Waals surface area (Å²) in [5.74, 6) is 0.106. The van der Waals surface area contributed by atoms with Crippen LogP contribution in [0.3, 0.4) is 0 Å². The van der Waals surface area contributed by atoms with Gasteiger partial charge in [0.05, 0.1) is 6.42 Å². The Balaban J connectivity index is 2.56. The van der Waals surface area contributed by atoms with E-state index in [1.54, 1.807) is 11.8 Å². The maximum Gasteiger partial charge on any atom is 0.303 e. The van der Waals surface area contributed by atoms with Gasteiger partial charge in [0.25, 0.3) is 0 Å². The third-order valence-electron chi connectivity index (χ3n) is 3.80. The Kier molecular flexibility index (Phi) is 6.69. The molecule has 1 unspecified atom stereocenters. The lowest BCUT2D eigenvalue weighted by Gasteiger charge is -2.35. The zero-order valence-corrected chi connectivity index (χ0v) is 12.7. The van der Waals surface area contributed by atoms with Gasteiger partial charge >= 0.3 is 5.97 Å². The van der Waals surface area contributed by atoms with Crippen molar-refractivity contribution in [2.75, 3.05) is 12.0 Å². The molecule has 0 radical (unpaired) electrons. The number of hydrogen-bond donors (Lipinski definition) is 2. The zero-order valence-electron chi connectivity index (χ0n) is 11.9. The summed E-state index contributed by atoms with van der Waals surface area (Å²) in [5, 5.41) is 12.0. The summed E-state index contributed by atoms with van der Waals surface area (Å²) < 4.78 is 0. The van der Waals surface area contributed by atoms with E-state index in [1.165, 1.54) is 0 Å².